The summed E-state index contributed by atoms with van der Waals surface area (Å²) in [5.41, 5.74) is 1.12. The number of benzene rings is 2. The second kappa shape index (κ2) is 8.38. The van der Waals surface area contributed by atoms with Crippen molar-refractivity contribution in [3.05, 3.63) is 83.4 Å². The molecule has 0 aliphatic carbocycles. The third-order valence-corrected chi connectivity index (χ3v) is 3.50. The average molecular weight is 362 g/mol. The van der Waals surface area contributed by atoms with Crippen LogP contribution in [0.25, 0.3) is 5.57 Å². The lowest BCUT2D eigenvalue weighted by Gasteiger charge is -2.11. The topological polar surface area (TPSA) is 46.5 Å². The zero-order valence-electron chi connectivity index (χ0n) is 14.0. The zero-order valence-corrected chi connectivity index (χ0v) is 14.0. The average Bonchev–Trinajstić information content (AvgIpc) is 2.59. The van der Waals surface area contributed by atoms with Gasteiger partial charge in [0.2, 0.25) is 0 Å². The highest BCUT2D eigenvalue weighted by molar-refractivity contribution is 5.84. The molecule has 0 heterocycles. The van der Waals surface area contributed by atoms with E-state index in [1.54, 1.807) is 30.3 Å². The van der Waals surface area contributed by atoms with Crippen molar-refractivity contribution in [1.29, 1.82) is 0 Å². The van der Waals surface area contributed by atoms with Gasteiger partial charge in [0.25, 0.3) is 0 Å². The van der Waals surface area contributed by atoms with Crippen molar-refractivity contribution in [1.82, 2.24) is 0 Å². The van der Waals surface area contributed by atoms with E-state index in [0.29, 0.717) is 23.5 Å². The fraction of sp³-hybridized carbons (Fsp3) is 0.150. The second-order valence-corrected chi connectivity index (χ2v) is 5.31. The quantitative estimate of drug-likeness (QED) is 0.569. The van der Waals surface area contributed by atoms with E-state index in [1.807, 2.05) is 6.92 Å². The van der Waals surface area contributed by atoms with Crippen LogP contribution in [0.15, 0.2) is 66.8 Å². The number of allylic oxidation sites excluding steroid dienone is 2. The van der Waals surface area contributed by atoms with Crippen molar-refractivity contribution in [3.8, 4) is 5.75 Å². The van der Waals surface area contributed by atoms with Crippen molar-refractivity contribution in [2.75, 3.05) is 6.61 Å². The maximum atomic E-state index is 12.7. The molecular weight excluding hydrogens is 345 g/mol. The van der Waals surface area contributed by atoms with Gasteiger partial charge in [0, 0.05) is 6.08 Å². The maximum absolute atomic E-state index is 12.7. The highest BCUT2D eigenvalue weighted by Crippen LogP contribution is 2.31. The Hall–Kier alpha value is -3.02. The maximum Gasteiger partial charge on any atom is 0.416 e. The number of ether oxygens (including phenoxy) is 1. The predicted molar refractivity (Wildman–Crippen MR) is 92.9 cm³/mol. The molecule has 3 nitrogen and oxygen atoms in total. The number of hydrogen-bond donors (Lipinski definition) is 1. The Labute approximate surface area is 149 Å². The van der Waals surface area contributed by atoms with Crippen LogP contribution in [0, 0.1) is 0 Å². The highest BCUT2D eigenvalue weighted by atomic mass is 19.4. The van der Waals surface area contributed by atoms with Gasteiger partial charge in [-0.3, -0.25) is 0 Å². The Balaban J connectivity index is 2.42. The van der Waals surface area contributed by atoms with E-state index in [2.05, 4.69) is 0 Å². The van der Waals surface area contributed by atoms with Crippen LogP contribution in [0.5, 0.6) is 5.75 Å². The van der Waals surface area contributed by atoms with Crippen molar-refractivity contribution in [2.45, 2.75) is 13.1 Å². The van der Waals surface area contributed by atoms with Crippen molar-refractivity contribution < 1.29 is 27.8 Å². The summed E-state index contributed by atoms with van der Waals surface area (Å²) in [5, 5.41) is 8.73. The van der Waals surface area contributed by atoms with Crippen LogP contribution in [0.3, 0.4) is 0 Å². The summed E-state index contributed by atoms with van der Waals surface area (Å²) in [5.74, 6) is -0.441. The van der Waals surface area contributed by atoms with E-state index in [9.17, 15) is 18.0 Å². The highest BCUT2D eigenvalue weighted by Gasteiger charge is 2.30. The first kappa shape index (κ1) is 19.3. The molecule has 0 fully saturated rings. The van der Waals surface area contributed by atoms with Gasteiger partial charge in [-0.2, -0.15) is 13.2 Å². The van der Waals surface area contributed by atoms with Crippen LogP contribution in [0.4, 0.5) is 13.2 Å². The van der Waals surface area contributed by atoms with Crippen molar-refractivity contribution in [2.24, 2.45) is 0 Å². The summed E-state index contributed by atoms with van der Waals surface area (Å²) in [6, 6.07) is 11.7. The molecule has 0 bridgehead atoms. The molecule has 0 saturated carbocycles. The largest absolute Gasteiger partial charge is 0.494 e. The van der Waals surface area contributed by atoms with Gasteiger partial charge in [0.15, 0.2) is 0 Å². The minimum absolute atomic E-state index is 0.516. The van der Waals surface area contributed by atoms with Crippen LogP contribution in [-0.4, -0.2) is 17.7 Å². The molecule has 0 spiro atoms. The first-order valence-corrected chi connectivity index (χ1v) is 7.83. The molecule has 0 aliphatic heterocycles. The molecule has 136 valence electrons. The van der Waals surface area contributed by atoms with E-state index in [4.69, 9.17) is 9.84 Å². The molecule has 0 aliphatic rings. The molecule has 26 heavy (non-hydrogen) atoms. The van der Waals surface area contributed by atoms with E-state index in [1.165, 1.54) is 18.2 Å². The third kappa shape index (κ3) is 5.24. The van der Waals surface area contributed by atoms with E-state index in [-0.39, 0.29) is 0 Å². The lowest BCUT2D eigenvalue weighted by Crippen LogP contribution is -2.04. The van der Waals surface area contributed by atoms with Gasteiger partial charge >= 0.3 is 12.1 Å². The number of carbonyl (C=O) groups is 1. The summed E-state index contributed by atoms with van der Waals surface area (Å²) < 4.78 is 43.6. The van der Waals surface area contributed by atoms with Crippen molar-refractivity contribution >= 4 is 11.5 Å². The number of aliphatic carboxylic acids is 1. The number of halogens is 3. The summed E-state index contributed by atoms with van der Waals surface area (Å²) in [7, 11) is 0. The minimum atomic E-state index is -4.41. The molecule has 0 amide bonds. The first-order chi connectivity index (χ1) is 12.3. The normalized spacial score (nSPS) is 12.4. The molecule has 6 heteroatoms. The SMILES string of the molecule is CCOc1ccc(C(=CC=CC(=O)O)c2ccc(C(F)(F)F)cc2)cc1. The molecule has 2 aromatic rings. The molecule has 0 saturated heterocycles. The van der Waals surface area contributed by atoms with Gasteiger partial charge in [-0.1, -0.05) is 36.4 Å². The molecule has 0 unspecified atom stereocenters. The number of carboxylic acids is 1. The molecular formula is C20H17F3O3. The Morgan fingerprint density at radius 1 is 1.04 bits per heavy atom. The zero-order chi connectivity index (χ0) is 19.2. The molecule has 2 aromatic carbocycles. The van der Waals surface area contributed by atoms with Crippen LogP contribution >= 0.6 is 0 Å². The van der Waals surface area contributed by atoms with Crippen LogP contribution in [0.1, 0.15) is 23.6 Å². The summed E-state index contributed by atoms with van der Waals surface area (Å²) in [6.07, 6.45) is -0.568. The lowest BCUT2D eigenvalue weighted by molar-refractivity contribution is -0.137. The third-order valence-electron chi connectivity index (χ3n) is 3.50. The van der Waals surface area contributed by atoms with Crippen LogP contribution in [-0.2, 0) is 11.0 Å². The molecule has 2 rings (SSSR count). The van der Waals surface area contributed by atoms with Gasteiger partial charge < -0.3 is 9.84 Å². The smallest absolute Gasteiger partial charge is 0.416 e. The Kier molecular flexibility index (Phi) is 6.22. The molecule has 0 radical (unpaired) electrons. The predicted octanol–water partition coefficient (Wildman–Crippen LogP) is 5.18. The Morgan fingerprint density at radius 3 is 2.04 bits per heavy atom. The number of alkyl halides is 3. The van der Waals surface area contributed by atoms with Gasteiger partial charge in [0.05, 0.1) is 12.2 Å². The molecule has 0 atom stereocenters. The standard InChI is InChI=1S/C20H17F3O3/c1-2-26-17-12-8-15(9-13-17)18(4-3-5-19(24)25)14-6-10-16(11-7-14)20(21,22)23/h3-13H,2H2,1H3,(H,24,25). The summed E-state index contributed by atoms with van der Waals surface area (Å²) in [6.45, 7) is 2.38. The summed E-state index contributed by atoms with van der Waals surface area (Å²) >= 11 is 0. The van der Waals surface area contributed by atoms with E-state index < -0.39 is 17.7 Å². The fourth-order valence-corrected chi connectivity index (χ4v) is 2.32. The molecule has 1 N–H and O–H groups in total. The monoisotopic (exact) mass is 362 g/mol. The van der Waals surface area contributed by atoms with Gasteiger partial charge in [-0.25, -0.2) is 4.79 Å². The van der Waals surface area contributed by atoms with Crippen LogP contribution in [0.2, 0.25) is 0 Å². The molecule has 0 aromatic heterocycles. The Morgan fingerprint density at radius 2 is 1.58 bits per heavy atom. The second-order valence-electron chi connectivity index (χ2n) is 5.31. The number of rotatable bonds is 6. The fourth-order valence-electron chi connectivity index (χ4n) is 2.32. The van der Waals surface area contributed by atoms with Gasteiger partial charge in [-0.05, 0) is 47.9 Å². The number of carboxylic acid groups (broad SMARTS) is 1. The van der Waals surface area contributed by atoms with Crippen LogP contribution < -0.4 is 4.74 Å². The van der Waals surface area contributed by atoms with E-state index >= 15 is 0 Å². The van der Waals surface area contributed by atoms with Gasteiger partial charge in [0.1, 0.15) is 5.75 Å². The summed E-state index contributed by atoms with van der Waals surface area (Å²) in [4.78, 5) is 10.7. The van der Waals surface area contributed by atoms with Crippen molar-refractivity contribution in [3.63, 3.8) is 0 Å². The van der Waals surface area contributed by atoms with E-state index in [0.717, 1.165) is 23.8 Å². The lowest BCUT2D eigenvalue weighted by atomic mass is 9.96. The van der Waals surface area contributed by atoms with Gasteiger partial charge in [-0.15, -0.1) is 0 Å². The minimum Gasteiger partial charge on any atom is -0.494 e. The first-order valence-electron chi connectivity index (χ1n) is 7.83. The number of hydrogen-bond acceptors (Lipinski definition) is 2. The Bertz CT molecular complexity index is 802.